The van der Waals surface area contributed by atoms with Crippen LogP contribution in [0.15, 0.2) is 45.6 Å². The van der Waals surface area contributed by atoms with Crippen molar-refractivity contribution >= 4 is 62.4 Å². The molecule has 1 saturated heterocycles. The Labute approximate surface area is 181 Å². The highest BCUT2D eigenvalue weighted by molar-refractivity contribution is 8.01. The molecule has 0 amide bonds. The molecule has 1 aliphatic heterocycles. The van der Waals surface area contributed by atoms with Gasteiger partial charge < -0.3 is 5.11 Å². The number of carboxylic acid groups (broad SMARTS) is 1. The first-order chi connectivity index (χ1) is 14.3. The molecule has 10 nitrogen and oxygen atoms in total. The van der Waals surface area contributed by atoms with Gasteiger partial charge in [-0.2, -0.15) is 0 Å². The number of rotatable bonds is 6. The highest BCUT2D eigenvalue weighted by Gasteiger charge is 2.31. The van der Waals surface area contributed by atoms with Crippen LogP contribution >= 0.6 is 34.9 Å². The first-order valence-corrected chi connectivity index (χ1v) is 11.1. The molecule has 0 aliphatic carbocycles. The molecule has 2 N–H and O–H groups in total. The van der Waals surface area contributed by atoms with Gasteiger partial charge in [0, 0.05) is 24.0 Å². The second-order valence-electron chi connectivity index (χ2n) is 6.25. The molecule has 0 unspecified atom stereocenters. The highest BCUT2D eigenvalue weighted by atomic mass is 32.2. The summed E-state index contributed by atoms with van der Waals surface area (Å²) in [7, 11) is 0. The maximum atomic E-state index is 11.6. The van der Waals surface area contributed by atoms with E-state index in [0.29, 0.717) is 30.8 Å². The molecule has 13 heteroatoms. The zero-order valence-corrected chi connectivity index (χ0v) is 17.3. The van der Waals surface area contributed by atoms with Gasteiger partial charge in [-0.25, -0.2) is 4.98 Å². The Bertz CT molecular complexity index is 1180. The number of carboxylic acids is 1. The Balaban J connectivity index is 1.61. The van der Waals surface area contributed by atoms with Crippen LogP contribution in [0, 0.1) is 20.2 Å². The Morgan fingerprint density at radius 3 is 2.67 bits per heavy atom. The van der Waals surface area contributed by atoms with Crippen molar-refractivity contribution in [2.75, 3.05) is 5.75 Å². The van der Waals surface area contributed by atoms with Gasteiger partial charge >= 0.3 is 5.97 Å². The standard InChI is InChI=1S/C17H12N4O6S3/c22-16(23)11-7-28-15(18-11)8-1-4-13(12(5-8)21(26)27)29-17-19-10-3-2-9(20(24)25)6-14(10)30-17/h1-6,11,15,18H,7H2,(H,22,23)/t11-,15-/m1/s1. The lowest BCUT2D eigenvalue weighted by molar-refractivity contribution is -0.387. The average molecular weight is 465 g/mol. The molecule has 30 heavy (non-hydrogen) atoms. The van der Waals surface area contributed by atoms with E-state index in [2.05, 4.69) is 10.3 Å². The van der Waals surface area contributed by atoms with Crippen molar-refractivity contribution in [3.63, 3.8) is 0 Å². The molecule has 2 heterocycles. The molecule has 0 spiro atoms. The lowest BCUT2D eigenvalue weighted by Crippen LogP contribution is -2.33. The van der Waals surface area contributed by atoms with Gasteiger partial charge in [0.1, 0.15) is 6.04 Å². The highest BCUT2D eigenvalue weighted by Crippen LogP contribution is 2.42. The summed E-state index contributed by atoms with van der Waals surface area (Å²) in [4.78, 5) is 37.5. The van der Waals surface area contributed by atoms with E-state index in [9.17, 15) is 25.0 Å². The van der Waals surface area contributed by atoms with Crippen molar-refractivity contribution in [2.24, 2.45) is 0 Å². The molecule has 0 radical (unpaired) electrons. The van der Waals surface area contributed by atoms with Crippen molar-refractivity contribution in [1.29, 1.82) is 0 Å². The van der Waals surface area contributed by atoms with Crippen LogP contribution in [0.5, 0.6) is 0 Å². The smallest absolute Gasteiger partial charge is 0.321 e. The third-order valence-corrected chi connectivity index (χ3v) is 7.73. The summed E-state index contributed by atoms with van der Waals surface area (Å²) < 4.78 is 1.15. The topological polar surface area (TPSA) is 148 Å². The molecule has 154 valence electrons. The van der Waals surface area contributed by atoms with E-state index in [1.54, 1.807) is 18.2 Å². The summed E-state index contributed by atoms with van der Waals surface area (Å²) in [6.45, 7) is 0. The predicted octanol–water partition coefficient (Wildman–Crippen LogP) is 4.05. The zero-order chi connectivity index (χ0) is 21.4. The summed E-state index contributed by atoms with van der Waals surface area (Å²) in [6.07, 6.45) is 0. The number of nitrogens with zero attached hydrogens (tertiary/aromatic N) is 3. The number of hydrogen-bond acceptors (Lipinski definition) is 10. The Kier molecular flexibility index (Phi) is 5.60. The van der Waals surface area contributed by atoms with Gasteiger partial charge in [-0.15, -0.1) is 23.1 Å². The number of nitro benzene ring substituents is 2. The maximum absolute atomic E-state index is 11.6. The van der Waals surface area contributed by atoms with E-state index in [1.807, 2.05) is 0 Å². The van der Waals surface area contributed by atoms with E-state index in [4.69, 9.17) is 5.11 Å². The summed E-state index contributed by atoms with van der Waals surface area (Å²) in [5.74, 6) is -0.579. The number of fused-ring (bicyclic) bond motifs is 1. The largest absolute Gasteiger partial charge is 0.480 e. The van der Waals surface area contributed by atoms with Crippen molar-refractivity contribution in [3.8, 4) is 0 Å². The van der Waals surface area contributed by atoms with Crippen molar-refractivity contribution < 1.29 is 19.7 Å². The molecule has 0 bridgehead atoms. The molecule has 3 aromatic rings. The molecule has 2 atom stereocenters. The molecule has 1 aliphatic rings. The lowest BCUT2D eigenvalue weighted by atomic mass is 10.2. The molecule has 1 aromatic heterocycles. The van der Waals surface area contributed by atoms with Gasteiger partial charge in [0.2, 0.25) is 0 Å². The van der Waals surface area contributed by atoms with Gasteiger partial charge in [-0.1, -0.05) is 17.8 Å². The SMILES string of the molecule is O=C(O)[C@H]1CS[C@H](c2ccc(Sc3nc4ccc([N+](=O)[O-])cc4s3)c([N+](=O)[O-])c2)N1. The second kappa shape index (κ2) is 8.18. The minimum absolute atomic E-state index is 0.0423. The fraction of sp³-hybridized carbons (Fsp3) is 0.176. The van der Waals surface area contributed by atoms with Gasteiger partial charge in [-0.05, 0) is 17.7 Å². The number of benzene rings is 2. The first kappa shape index (κ1) is 20.5. The minimum atomic E-state index is -0.956. The lowest BCUT2D eigenvalue weighted by Gasteiger charge is -2.12. The number of non-ortho nitro benzene ring substituents is 1. The van der Waals surface area contributed by atoms with Crippen LogP contribution in [0.3, 0.4) is 0 Å². The van der Waals surface area contributed by atoms with Crippen LogP contribution in [-0.2, 0) is 4.79 Å². The van der Waals surface area contributed by atoms with E-state index in [1.165, 1.54) is 41.3 Å². The van der Waals surface area contributed by atoms with Crippen LogP contribution < -0.4 is 5.32 Å². The number of aliphatic carboxylic acids is 1. The Morgan fingerprint density at radius 2 is 2.00 bits per heavy atom. The van der Waals surface area contributed by atoms with Crippen LogP contribution in [0.1, 0.15) is 10.9 Å². The first-order valence-electron chi connectivity index (χ1n) is 8.43. The average Bonchev–Trinajstić information content (AvgIpc) is 3.34. The van der Waals surface area contributed by atoms with Gasteiger partial charge in [0.25, 0.3) is 11.4 Å². The molecular weight excluding hydrogens is 452 g/mol. The number of thioether (sulfide) groups is 1. The fourth-order valence-corrected chi connectivity index (χ4v) is 6.24. The van der Waals surface area contributed by atoms with Crippen molar-refractivity contribution in [1.82, 2.24) is 10.3 Å². The van der Waals surface area contributed by atoms with Crippen LogP contribution in [0.4, 0.5) is 11.4 Å². The number of nitro groups is 2. The summed E-state index contributed by atoms with van der Waals surface area (Å²) in [5.41, 5.74) is 1.06. The van der Waals surface area contributed by atoms with Crippen LogP contribution in [-0.4, -0.2) is 37.7 Å². The Hall–Kier alpha value is -2.74. The second-order valence-corrected chi connectivity index (χ2v) is 9.70. The van der Waals surface area contributed by atoms with Crippen molar-refractivity contribution in [3.05, 3.63) is 62.2 Å². The monoisotopic (exact) mass is 464 g/mol. The van der Waals surface area contributed by atoms with Crippen LogP contribution in [0.25, 0.3) is 10.2 Å². The minimum Gasteiger partial charge on any atom is -0.480 e. The van der Waals surface area contributed by atoms with Gasteiger partial charge in [0.15, 0.2) is 4.34 Å². The Morgan fingerprint density at radius 1 is 1.20 bits per heavy atom. The number of carbonyl (C=O) groups is 1. The quantitative estimate of drug-likeness (QED) is 0.404. The number of nitrogens with one attached hydrogen (secondary N) is 1. The number of aromatic nitrogens is 1. The summed E-state index contributed by atoms with van der Waals surface area (Å²) in [5, 5.41) is 34.3. The van der Waals surface area contributed by atoms with E-state index in [-0.39, 0.29) is 16.7 Å². The third-order valence-electron chi connectivity index (χ3n) is 4.32. The number of hydrogen-bond donors (Lipinski definition) is 2. The molecular formula is C17H12N4O6S3. The van der Waals surface area contributed by atoms with E-state index in [0.717, 1.165) is 11.8 Å². The summed E-state index contributed by atoms with van der Waals surface area (Å²) >= 11 is 3.72. The fourth-order valence-electron chi connectivity index (χ4n) is 2.88. The third kappa shape index (κ3) is 4.09. The van der Waals surface area contributed by atoms with Crippen LogP contribution in [0.2, 0.25) is 0 Å². The number of thiazole rings is 1. The molecule has 1 fully saturated rings. The van der Waals surface area contributed by atoms with E-state index < -0.39 is 21.9 Å². The molecule has 4 rings (SSSR count). The zero-order valence-electron chi connectivity index (χ0n) is 14.9. The van der Waals surface area contributed by atoms with E-state index >= 15 is 0 Å². The maximum Gasteiger partial charge on any atom is 0.321 e. The molecule has 2 aromatic carbocycles. The van der Waals surface area contributed by atoms with Crippen molar-refractivity contribution in [2.45, 2.75) is 20.7 Å². The molecule has 0 saturated carbocycles. The van der Waals surface area contributed by atoms with Gasteiger partial charge in [-0.3, -0.25) is 30.3 Å². The normalized spacial score (nSPS) is 18.5. The van der Waals surface area contributed by atoms with Gasteiger partial charge in [0.05, 0.1) is 30.3 Å². The predicted molar refractivity (Wildman–Crippen MR) is 113 cm³/mol. The summed E-state index contributed by atoms with van der Waals surface area (Å²) in [6, 6.07) is 8.43.